The molecule has 1 fully saturated rings. The summed E-state index contributed by atoms with van der Waals surface area (Å²) in [4.78, 5) is 24.0. The van der Waals surface area contributed by atoms with E-state index >= 15 is 0 Å². The van der Waals surface area contributed by atoms with E-state index in [0.717, 1.165) is 22.9 Å². The number of nitrogens with one attached hydrogen (secondary N) is 1. The Labute approximate surface area is 156 Å². The number of hydrogen-bond acceptors (Lipinski definition) is 5. The highest BCUT2D eigenvalue weighted by molar-refractivity contribution is 7.13. The van der Waals surface area contributed by atoms with Crippen LogP contribution in [0.15, 0.2) is 42.0 Å². The number of hydrogen-bond donors (Lipinski definition) is 1. The van der Waals surface area contributed by atoms with Crippen molar-refractivity contribution in [2.75, 3.05) is 19.6 Å². The summed E-state index contributed by atoms with van der Waals surface area (Å²) >= 11 is 1.51. The maximum atomic E-state index is 13.1. The summed E-state index contributed by atoms with van der Waals surface area (Å²) in [6, 6.07) is 8.13. The number of nitrogens with zero attached hydrogens (tertiary/aromatic N) is 4. The molecule has 0 bridgehead atoms. The Kier molecular flexibility index (Phi) is 4.57. The zero-order valence-corrected chi connectivity index (χ0v) is 15.7. The lowest BCUT2D eigenvalue weighted by atomic mass is 10.1. The van der Waals surface area contributed by atoms with E-state index < -0.39 is 0 Å². The number of carbonyl (C=O) groups is 1. The normalized spacial score (nSPS) is 17.5. The van der Waals surface area contributed by atoms with Crippen LogP contribution in [0, 0.1) is 6.92 Å². The first kappa shape index (κ1) is 16.9. The molecule has 0 aliphatic carbocycles. The summed E-state index contributed by atoms with van der Waals surface area (Å²) in [5, 5.41) is 6.09. The number of amides is 1. The van der Waals surface area contributed by atoms with E-state index in [-0.39, 0.29) is 11.9 Å². The van der Waals surface area contributed by atoms with Gasteiger partial charge in [-0.1, -0.05) is 29.8 Å². The van der Waals surface area contributed by atoms with Gasteiger partial charge in [0, 0.05) is 50.0 Å². The number of imidazole rings is 1. The summed E-state index contributed by atoms with van der Waals surface area (Å²) in [6.45, 7) is 4.18. The number of aromatic nitrogens is 3. The molecule has 1 unspecified atom stereocenters. The molecule has 1 atom stereocenters. The maximum Gasteiger partial charge on any atom is 0.274 e. The van der Waals surface area contributed by atoms with E-state index in [4.69, 9.17) is 0 Å². The molecule has 4 rings (SSSR count). The molecular formula is C19H21N5OS. The predicted octanol–water partition coefficient (Wildman–Crippen LogP) is 2.64. The standard InChI is InChI=1S/C19H21N5OS/c1-13-3-5-14(6-4-13)18-22-15(12-26-18)19(25)24-10-7-20-11-16(24)17-21-8-9-23(17)2/h3-6,8-9,12,16,20H,7,10-11H2,1-2H3. The van der Waals surface area contributed by atoms with Crippen LogP contribution in [0.25, 0.3) is 10.6 Å². The number of thiazole rings is 1. The Balaban J connectivity index is 1.60. The van der Waals surface area contributed by atoms with Crippen molar-refractivity contribution in [2.45, 2.75) is 13.0 Å². The third-order valence-electron chi connectivity index (χ3n) is 4.68. The van der Waals surface area contributed by atoms with Gasteiger partial charge < -0.3 is 14.8 Å². The molecule has 6 nitrogen and oxygen atoms in total. The van der Waals surface area contributed by atoms with Crippen LogP contribution in [0.2, 0.25) is 0 Å². The van der Waals surface area contributed by atoms with Crippen LogP contribution in [-0.2, 0) is 7.05 Å². The van der Waals surface area contributed by atoms with Gasteiger partial charge in [0.15, 0.2) is 0 Å². The van der Waals surface area contributed by atoms with Gasteiger partial charge >= 0.3 is 0 Å². The molecule has 26 heavy (non-hydrogen) atoms. The number of aryl methyl sites for hydroxylation is 2. The van der Waals surface area contributed by atoms with Crippen molar-refractivity contribution < 1.29 is 4.79 Å². The molecule has 1 aliphatic heterocycles. The minimum atomic E-state index is -0.0826. The van der Waals surface area contributed by atoms with Gasteiger partial charge in [-0.05, 0) is 6.92 Å². The van der Waals surface area contributed by atoms with Crippen LogP contribution in [-0.4, -0.2) is 45.0 Å². The van der Waals surface area contributed by atoms with Crippen LogP contribution in [0.5, 0.6) is 0 Å². The molecule has 1 N–H and O–H groups in total. The van der Waals surface area contributed by atoms with Crippen molar-refractivity contribution in [1.29, 1.82) is 0 Å². The third kappa shape index (κ3) is 3.15. The van der Waals surface area contributed by atoms with Crippen molar-refractivity contribution in [3.63, 3.8) is 0 Å². The molecule has 3 aromatic rings. The number of rotatable bonds is 3. The molecule has 1 saturated heterocycles. The van der Waals surface area contributed by atoms with Crippen molar-refractivity contribution >= 4 is 17.2 Å². The van der Waals surface area contributed by atoms with E-state index in [9.17, 15) is 4.79 Å². The van der Waals surface area contributed by atoms with Crippen LogP contribution < -0.4 is 5.32 Å². The van der Waals surface area contributed by atoms with Gasteiger partial charge in [0.25, 0.3) is 5.91 Å². The fourth-order valence-electron chi connectivity index (χ4n) is 3.22. The van der Waals surface area contributed by atoms with Crippen molar-refractivity contribution in [1.82, 2.24) is 24.8 Å². The van der Waals surface area contributed by atoms with Crippen LogP contribution in [0.3, 0.4) is 0 Å². The first-order valence-corrected chi connectivity index (χ1v) is 9.53. The zero-order chi connectivity index (χ0) is 18.1. The number of carbonyl (C=O) groups excluding carboxylic acids is 1. The summed E-state index contributed by atoms with van der Waals surface area (Å²) in [5.41, 5.74) is 2.76. The minimum Gasteiger partial charge on any atom is -0.336 e. The smallest absolute Gasteiger partial charge is 0.274 e. The van der Waals surface area contributed by atoms with Gasteiger partial charge in [-0.3, -0.25) is 4.79 Å². The Hall–Kier alpha value is -2.51. The average molecular weight is 367 g/mol. The topological polar surface area (TPSA) is 63.1 Å². The van der Waals surface area contributed by atoms with Gasteiger partial charge in [-0.25, -0.2) is 9.97 Å². The van der Waals surface area contributed by atoms with Crippen molar-refractivity contribution in [3.8, 4) is 10.6 Å². The quantitative estimate of drug-likeness (QED) is 0.773. The highest BCUT2D eigenvalue weighted by atomic mass is 32.1. The fraction of sp³-hybridized carbons (Fsp3) is 0.316. The predicted molar refractivity (Wildman–Crippen MR) is 102 cm³/mol. The molecule has 1 amide bonds. The average Bonchev–Trinajstić information content (AvgIpc) is 3.31. The van der Waals surface area contributed by atoms with Crippen LogP contribution >= 0.6 is 11.3 Å². The molecular weight excluding hydrogens is 346 g/mol. The second-order valence-corrected chi connectivity index (χ2v) is 7.38. The summed E-state index contributed by atoms with van der Waals surface area (Å²) in [7, 11) is 1.96. The molecule has 0 spiro atoms. The Bertz CT molecular complexity index is 914. The number of benzene rings is 1. The number of piperazine rings is 1. The largest absolute Gasteiger partial charge is 0.336 e. The highest BCUT2D eigenvalue weighted by Gasteiger charge is 2.32. The van der Waals surface area contributed by atoms with E-state index in [2.05, 4.69) is 34.3 Å². The molecule has 2 aromatic heterocycles. The second-order valence-electron chi connectivity index (χ2n) is 6.52. The Morgan fingerprint density at radius 2 is 2.12 bits per heavy atom. The van der Waals surface area contributed by atoms with E-state index in [1.807, 2.05) is 40.2 Å². The summed E-state index contributed by atoms with van der Waals surface area (Å²) in [5.74, 6) is 0.855. The minimum absolute atomic E-state index is 0.0332. The second kappa shape index (κ2) is 7.01. The highest BCUT2D eigenvalue weighted by Crippen LogP contribution is 2.27. The first-order valence-electron chi connectivity index (χ1n) is 8.65. The van der Waals surface area contributed by atoms with Crippen LogP contribution in [0.4, 0.5) is 0 Å². The molecule has 0 radical (unpaired) electrons. The lowest BCUT2D eigenvalue weighted by Crippen LogP contribution is -2.49. The molecule has 134 valence electrons. The Morgan fingerprint density at radius 3 is 2.85 bits per heavy atom. The van der Waals surface area contributed by atoms with Gasteiger partial charge in [-0.2, -0.15) is 0 Å². The van der Waals surface area contributed by atoms with Gasteiger partial charge in [0.2, 0.25) is 0 Å². The summed E-state index contributed by atoms with van der Waals surface area (Å²) < 4.78 is 1.97. The van der Waals surface area contributed by atoms with E-state index in [1.54, 1.807) is 6.20 Å². The molecule has 1 aromatic carbocycles. The van der Waals surface area contributed by atoms with E-state index in [0.29, 0.717) is 18.8 Å². The first-order chi connectivity index (χ1) is 12.6. The lowest BCUT2D eigenvalue weighted by molar-refractivity contribution is 0.0615. The molecule has 1 aliphatic rings. The van der Waals surface area contributed by atoms with Gasteiger partial charge in [0.1, 0.15) is 22.6 Å². The van der Waals surface area contributed by atoms with Gasteiger partial charge in [0.05, 0.1) is 0 Å². The Morgan fingerprint density at radius 1 is 1.31 bits per heavy atom. The SMILES string of the molecule is Cc1ccc(-c2nc(C(=O)N3CCNCC3c3nccn3C)cs2)cc1. The zero-order valence-electron chi connectivity index (χ0n) is 14.8. The molecule has 7 heteroatoms. The van der Waals surface area contributed by atoms with Crippen molar-refractivity contribution in [3.05, 3.63) is 59.1 Å². The van der Waals surface area contributed by atoms with Gasteiger partial charge in [-0.15, -0.1) is 11.3 Å². The summed E-state index contributed by atoms with van der Waals surface area (Å²) in [6.07, 6.45) is 3.68. The monoisotopic (exact) mass is 367 g/mol. The molecule has 3 heterocycles. The lowest BCUT2D eigenvalue weighted by Gasteiger charge is -2.35. The molecule has 0 saturated carbocycles. The van der Waals surface area contributed by atoms with Crippen molar-refractivity contribution in [2.24, 2.45) is 7.05 Å². The third-order valence-corrected chi connectivity index (χ3v) is 5.57. The fourth-order valence-corrected chi connectivity index (χ4v) is 4.02. The van der Waals surface area contributed by atoms with E-state index in [1.165, 1.54) is 16.9 Å². The maximum absolute atomic E-state index is 13.1. The van der Waals surface area contributed by atoms with Crippen LogP contribution in [0.1, 0.15) is 27.9 Å².